The van der Waals surface area contributed by atoms with E-state index in [-0.39, 0.29) is 5.41 Å². The van der Waals surface area contributed by atoms with E-state index in [4.69, 9.17) is 13.2 Å². The standard InChI is InChI=1S/C33H45BrS/c1-5-7-9-11-13-15-25(3)33(26(4)16-14-12-10-8-6-2)31-23-27(21-22-35)17-19-29(31)30-20-18-28(34)24-32(30)33/h17-20,23-24,35H,3-16,21-22H2,1-2H3. The van der Waals surface area contributed by atoms with Crippen LogP contribution in [0.25, 0.3) is 11.1 Å². The summed E-state index contributed by atoms with van der Waals surface area (Å²) in [5.41, 5.74) is 9.21. The van der Waals surface area contributed by atoms with Crippen molar-refractivity contribution in [3.8, 4) is 11.1 Å². The van der Waals surface area contributed by atoms with Crippen LogP contribution in [0.5, 0.6) is 0 Å². The molecule has 0 saturated heterocycles. The Morgan fingerprint density at radius 2 is 1.26 bits per heavy atom. The number of benzene rings is 2. The molecular formula is C33H45BrS. The Kier molecular flexibility index (Phi) is 11.2. The van der Waals surface area contributed by atoms with Gasteiger partial charge in [0.2, 0.25) is 0 Å². The predicted molar refractivity (Wildman–Crippen MR) is 163 cm³/mol. The first kappa shape index (κ1) is 28.3. The highest BCUT2D eigenvalue weighted by Gasteiger charge is 2.46. The van der Waals surface area contributed by atoms with E-state index in [0.29, 0.717) is 0 Å². The van der Waals surface area contributed by atoms with E-state index >= 15 is 0 Å². The Balaban J connectivity index is 2.05. The normalized spacial score (nSPS) is 13.5. The first-order valence-corrected chi connectivity index (χ1v) is 15.3. The van der Waals surface area contributed by atoms with Crippen LogP contribution in [0.3, 0.4) is 0 Å². The molecule has 3 rings (SSSR count). The van der Waals surface area contributed by atoms with Crippen molar-refractivity contribution in [2.45, 2.75) is 103 Å². The van der Waals surface area contributed by atoms with Crippen LogP contribution in [0.4, 0.5) is 0 Å². The van der Waals surface area contributed by atoms with Gasteiger partial charge in [-0.2, -0.15) is 12.6 Å². The number of thiol groups is 1. The fourth-order valence-corrected chi connectivity index (χ4v) is 6.52. The van der Waals surface area contributed by atoms with Gasteiger partial charge >= 0.3 is 0 Å². The fraction of sp³-hybridized carbons (Fsp3) is 0.515. The summed E-state index contributed by atoms with van der Waals surface area (Å²) in [6.45, 7) is 14.2. The quantitative estimate of drug-likeness (QED) is 0.119. The van der Waals surface area contributed by atoms with E-state index in [1.165, 1.54) is 103 Å². The van der Waals surface area contributed by atoms with E-state index in [0.717, 1.165) is 29.5 Å². The second-order valence-corrected chi connectivity index (χ2v) is 11.7. The van der Waals surface area contributed by atoms with Crippen LogP contribution in [0.15, 0.2) is 65.2 Å². The van der Waals surface area contributed by atoms with Crippen molar-refractivity contribution in [2.24, 2.45) is 0 Å². The molecule has 0 aromatic heterocycles. The van der Waals surface area contributed by atoms with Gasteiger partial charge in [0.15, 0.2) is 0 Å². The van der Waals surface area contributed by atoms with Crippen molar-refractivity contribution in [1.29, 1.82) is 0 Å². The molecule has 2 heteroatoms. The Morgan fingerprint density at radius 1 is 0.743 bits per heavy atom. The highest BCUT2D eigenvalue weighted by molar-refractivity contribution is 9.10. The van der Waals surface area contributed by atoms with Gasteiger partial charge in [-0.15, -0.1) is 0 Å². The van der Waals surface area contributed by atoms with Crippen molar-refractivity contribution in [3.63, 3.8) is 0 Å². The molecule has 0 atom stereocenters. The molecule has 35 heavy (non-hydrogen) atoms. The molecule has 0 spiro atoms. The van der Waals surface area contributed by atoms with E-state index in [9.17, 15) is 0 Å². The SMILES string of the molecule is C=C(CCCCCCC)C1(C(=C)CCCCCCC)c2cc(Br)ccc2-c2ccc(CCS)cc21. The average molecular weight is 554 g/mol. The minimum absolute atomic E-state index is 0.295. The number of rotatable bonds is 16. The molecule has 0 bridgehead atoms. The summed E-state index contributed by atoms with van der Waals surface area (Å²) in [6, 6.07) is 13.9. The average Bonchev–Trinajstić information content (AvgIpc) is 3.13. The van der Waals surface area contributed by atoms with Crippen molar-refractivity contribution >= 4 is 28.6 Å². The lowest BCUT2D eigenvalue weighted by Gasteiger charge is -2.37. The van der Waals surface area contributed by atoms with Crippen LogP contribution in [-0.4, -0.2) is 5.75 Å². The molecule has 1 aliphatic rings. The van der Waals surface area contributed by atoms with Crippen molar-refractivity contribution in [1.82, 2.24) is 0 Å². The van der Waals surface area contributed by atoms with Gasteiger partial charge in [0, 0.05) is 4.47 Å². The highest BCUT2D eigenvalue weighted by atomic mass is 79.9. The monoisotopic (exact) mass is 552 g/mol. The van der Waals surface area contributed by atoms with Crippen LogP contribution in [0.2, 0.25) is 0 Å². The number of hydrogen-bond donors (Lipinski definition) is 1. The van der Waals surface area contributed by atoms with Gasteiger partial charge in [-0.05, 0) is 77.8 Å². The Hall–Kier alpha value is -1.25. The third-order valence-corrected chi connectivity index (χ3v) is 8.51. The molecule has 0 aliphatic heterocycles. The molecule has 0 heterocycles. The molecule has 2 aromatic carbocycles. The molecule has 0 nitrogen and oxygen atoms in total. The maximum Gasteiger partial charge on any atom is 0.0628 e. The number of aryl methyl sites for hydroxylation is 1. The minimum atomic E-state index is -0.295. The summed E-state index contributed by atoms with van der Waals surface area (Å²) >= 11 is 8.32. The zero-order chi connectivity index (χ0) is 25.3. The zero-order valence-electron chi connectivity index (χ0n) is 22.1. The first-order chi connectivity index (χ1) is 17.0. The van der Waals surface area contributed by atoms with Gasteiger partial charge in [-0.1, -0.05) is 130 Å². The Morgan fingerprint density at radius 3 is 1.80 bits per heavy atom. The number of allylic oxidation sites excluding steroid dienone is 2. The summed E-state index contributed by atoms with van der Waals surface area (Å²) in [5, 5.41) is 0. The fourth-order valence-electron chi connectivity index (χ4n) is 5.90. The molecule has 1 aliphatic carbocycles. The minimum Gasteiger partial charge on any atom is -0.179 e. The second-order valence-electron chi connectivity index (χ2n) is 10.3. The Bertz CT molecular complexity index is 976. The van der Waals surface area contributed by atoms with E-state index in [1.54, 1.807) is 0 Å². The second kappa shape index (κ2) is 13.9. The first-order valence-electron chi connectivity index (χ1n) is 13.9. The molecule has 0 saturated carbocycles. The van der Waals surface area contributed by atoms with Crippen molar-refractivity contribution < 1.29 is 0 Å². The molecule has 2 aromatic rings. The van der Waals surface area contributed by atoms with Gasteiger partial charge in [-0.25, -0.2) is 0 Å². The van der Waals surface area contributed by atoms with Crippen molar-refractivity contribution in [2.75, 3.05) is 5.75 Å². The van der Waals surface area contributed by atoms with Gasteiger partial charge in [0.25, 0.3) is 0 Å². The van der Waals surface area contributed by atoms with E-state index in [1.807, 2.05) is 0 Å². The number of fused-ring (bicyclic) bond motifs is 3. The van der Waals surface area contributed by atoms with Crippen LogP contribution in [0, 0.1) is 0 Å². The maximum absolute atomic E-state index is 4.82. The maximum atomic E-state index is 4.82. The summed E-state index contributed by atoms with van der Waals surface area (Å²) in [5.74, 6) is 0.862. The largest absolute Gasteiger partial charge is 0.179 e. The Labute approximate surface area is 229 Å². The summed E-state index contributed by atoms with van der Waals surface area (Å²) in [7, 11) is 0. The number of hydrogen-bond acceptors (Lipinski definition) is 1. The topological polar surface area (TPSA) is 0 Å². The molecule has 190 valence electrons. The summed E-state index contributed by atoms with van der Waals surface area (Å²) in [4.78, 5) is 0. The van der Waals surface area contributed by atoms with Crippen molar-refractivity contribution in [3.05, 3.63) is 81.9 Å². The van der Waals surface area contributed by atoms with E-state index in [2.05, 4.69) is 78.8 Å². The molecule has 0 radical (unpaired) electrons. The van der Waals surface area contributed by atoms with Crippen LogP contribution in [0.1, 0.15) is 108 Å². The molecular weight excluding hydrogens is 508 g/mol. The molecule has 0 unspecified atom stereocenters. The van der Waals surface area contributed by atoms with Crippen LogP contribution < -0.4 is 0 Å². The smallest absolute Gasteiger partial charge is 0.0628 e. The number of halogens is 1. The lowest BCUT2D eigenvalue weighted by Crippen LogP contribution is -2.30. The third kappa shape index (κ3) is 6.37. The summed E-state index contributed by atoms with van der Waals surface area (Å²) < 4.78 is 1.13. The predicted octanol–water partition coefficient (Wildman–Crippen LogP) is 11.0. The van der Waals surface area contributed by atoms with E-state index < -0.39 is 0 Å². The van der Waals surface area contributed by atoms with Gasteiger partial charge < -0.3 is 0 Å². The number of unbranched alkanes of at least 4 members (excludes halogenated alkanes) is 8. The zero-order valence-corrected chi connectivity index (χ0v) is 24.6. The molecule has 0 amide bonds. The van der Waals surface area contributed by atoms with Gasteiger partial charge in [0.05, 0.1) is 5.41 Å². The highest BCUT2D eigenvalue weighted by Crippen LogP contribution is 2.58. The third-order valence-electron chi connectivity index (χ3n) is 7.79. The molecule has 0 N–H and O–H groups in total. The summed E-state index contributed by atoms with van der Waals surface area (Å²) in [6.07, 6.45) is 15.9. The lowest BCUT2D eigenvalue weighted by molar-refractivity contribution is 0.572. The lowest BCUT2D eigenvalue weighted by atomic mass is 9.65. The van der Waals surface area contributed by atoms with Crippen LogP contribution >= 0.6 is 28.6 Å². The molecule has 0 fully saturated rings. The van der Waals surface area contributed by atoms with Crippen LogP contribution in [-0.2, 0) is 11.8 Å². The van der Waals surface area contributed by atoms with Gasteiger partial charge in [0.1, 0.15) is 0 Å². The van der Waals surface area contributed by atoms with Gasteiger partial charge in [-0.3, -0.25) is 0 Å².